The molecule has 4 rings (SSSR count). The molecule has 1 unspecified atom stereocenters. The van der Waals surface area contributed by atoms with Gasteiger partial charge in [0, 0.05) is 57.5 Å². The van der Waals surface area contributed by atoms with Crippen LogP contribution in [0.25, 0.3) is 10.9 Å². The summed E-state index contributed by atoms with van der Waals surface area (Å²) < 4.78 is 5.56. The van der Waals surface area contributed by atoms with E-state index < -0.39 is 0 Å². The van der Waals surface area contributed by atoms with E-state index in [0.717, 1.165) is 68.8 Å². The number of nitrogens with zero attached hydrogens (tertiary/aromatic N) is 4. The number of carbonyl (C=O) groups is 1. The quantitative estimate of drug-likeness (QED) is 0.605. The first-order valence-corrected chi connectivity index (χ1v) is 11.0. The van der Waals surface area contributed by atoms with Crippen LogP contribution >= 0.6 is 0 Å². The molecule has 7 heteroatoms. The van der Waals surface area contributed by atoms with Crippen molar-refractivity contribution in [2.45, 2.75) is 32.3 Å². The van der Waals surface area contributed by atoms with Gasteiger partial charge in [-0.05, 0) is 37.8 Å². The summed E-state index contributed by atoms with van der Waals surface area (Å²) in [4.78, 5) is 26.2. The summed E-state index contributed by atoms with van der Waals surface area (Å²) >= 11 is 0. The highest BCUT2D eigenvalue weighted by atomic mass is 16.5. The van der Waals surface area contributed by atoms with Crippen molar-refractivity contribution in [1.29, 1.82) is 0 Å². The highest BCUT2D eigenvalue weighted by molar-refractivity contribution is 5.83. The molecule has 3 heterocycles. The minimum Gasteiger partial charge on any atom is -0.368 e. The number of benzene rings is 1. The molecule has 1 aromatic carbocycles. The average molecular weight is 410 g/mol. The van der Waals surface area contributed by atoms with Crippen molar-refractivity contribution in [3.63, 3.8) is 0 Å². The van der Waals surface area contributed by atoms with Crippen molar-refractivity contribution in [3.05, 3.63) is 42.1 Å². The molecule has 1 aromatic heterocycles. The third-order valence-corrected chi connectivity index (χ3v) is 5.79. The first-order valence-electron chi connectivity index (χ1n) is 11.0. The monoisotopic (exact) mass is 409 g/mol. The predicted octanol–water partition coefficient (Wildman–Crippen LogP) is 2.07. The largest absolute Gasteiger partial charge is 0.368 e. The van der Waals surface area contributed by atoms with E-state index in [2.05, 4.69) is 46.4 Å². The maximum atomic E-state index is 12.6. The maximum absolute atomic E-state index is 12.6. The van der Waals surface area contributed by atoms with Crippen LogP contribution in [0.5, 0.6) is 0 Å². The van der Waals surface area contributed by atoms with E-state index in [4.69, 9.17) is 9.73 Å². The van der Waals surface area contributed by atoms with Crippen molar-refractivity contribution >= 4 is 22.8 Å². The number of ether oxygens (including phenoxy) is 1. The van der Waals surface area contributed by atoms with Gasteiger partial charge in [0.15, 0.2) is 5.96 Å². The van der Waals surface area contributed by atoms with E-state index in [1.54, 1.807) is 0 Å². The SMILES string of the molecule is CCNC(=NCCc1cccc2cccnc12)N1CCN(C(=O)C2CCCO2)CC1. The zero-order chi connectivity index (χ0) is 20.8. The summed E-state index contributed by atoms with van der Waals surface area (Å²) in [5.74, 6) is 1.08. The molecule has 0 bridgehead atoms. The summed E-state index contributed by atoms with van der Waals surface area (Å²) in [6.45, 7) is 7.34. The molecule has 0 saturated carbocycles. The fourth-order valence-corrected chi connectivity index (χ4v) is 4.19. The van der Waals surface area contributed by atoms with Gasteiger partial charge in [-0.3, -0.25) is 14.8 Å². The number of pyridine rings is 1. The fourth-order valence-electron chi connectivity index (χ4n) is 4.19. The number of fused-ring (bicyclic) bond motifs is 1. The van der Waals surface area contributed by atoms with Gasteiger partial charge in [-0.2, -0.15) is 0 Å². The number of aromatic nitrogens is 1. The third kappa shape index (κ3) is 4.73. The Hall–Kier alpha value is -2.67. The molecule has 0 aliphatic carbocycles. The van der Waals surface area contributed by atoms with Crippen LogP contribution in [-0.4, -0.2) is 78.6 Å². The highest BCUT2D eigenvalue weighted by Gasteiger charge is 2.30. The summed E-state index contributed by atoms with van der Waals surface area (Å²) in [5, 5.41) is 4.57. The van der Waals surface area contributed by atoms with Crippen LogP contribution in [0.4, 0.5) is 0 Å². The smallest absolute Gasteiger partial charge is 0.251 e. The number of piperazine rings is 1. The molecular weight excluding hydrogens is 378 g/mol. The zero-order valence-corrected chi connectivity index (χ0v) is 17.7. The molecule has 2 aliphatic heterocycles. The molecule has 1 amide bonds. The lowest BCUT2D eigenvalue weighted by Gasteiger charge is -2.37. The van der Waals surface area contributed by atoms with Gasteiger partial charge in [-0.1, -0.05) is 24.3 Å². The van der Waals surface area contributed by atoms with Gasteiger partial charge in [0.1, 0.15) is 6.10 Å². The Balaban J connectivity index is 1.35. The van der Waals surface area contributed by atoms with Crippen LogP contribution in [0.2, 0.25) is 0 Å². The van der Waals surface area contributed by atoms with Gasteiger partial charge in [0.05, 0.1) is 5.52 Å². The molecule has 7 nitrogen and oxygen atoms in total. The number of rotatable bonds is 5. The second-order valence-electron chi connectivity index (χ2n) is 7.79. The summed E-state index contributed by atoms with van der Waals surface area (Å²) in [6, 6.07) is 10.4. The molecule has 160 valence electrons. The van der Waals surface area contributed by atoms with Gasteiger partial charge in [-0.15, -0.1) is 0 Å². The third-order valence-electron chi connectivity index (χ3n) is 5.79. The second kappa shape index (κ2) is 9.89. The van der Waals surface area contributed by atoms with E-state index in [-0.39, 0.29) is 12.0 Å². The Morgan fingerprint density at radius 3 is 2.77 bits per heavy atom. The molecule has 0 spiro atoms. The minimum atomic E-state index is -0.229. The number of nitrogens with one attached hydrogen (secondary N) is 1. The summed E-state index contributed by atoms with van der Waals surface area (Å²) in [5.41, 5.74) is 2.28. The van der Waals surface area contributed by atoms with Crippen LogP contribution in [0.3, 0.4) is 0 Å². The molecule has 2 aliphatic rings. The Morgan fingerprint density at radius 1 is 1.20 bits per heavy atom. The van der Waals surface area contributed by atoms with E-state index in [1.165, 1.54) is 5.56 Å². The van der Waals surface area contributed by atoms with Crippen molar-refractivity contribution in [2.75, 3.05) is 45.9 Å². The van der Waals surface area contributed by atoms with Crippen LogP contribution in [-0.2, 0) is 16.0 Å². The Morgan fingerprint density at radius 2 is 2.00 bits per heavy atom. The lowest BCUT2D eigenvalue weighted by molar-refractivity contribution is -0.142. The lowest BCUT2D eigenvalue weighted by atomic mass is 10.1. The Kier molecular flexibility index (Phi) is 6.79. The van der Waals surface area contributed by atoms with Crippen molar-refractivity contribution in [3.8, 4) is 0 Å². The first kappa shape index (κ1) is 20.6. The lowest BCUT2D eigenvalue weighted by Crippen LogP contribution is -2.55. The molecule has 2 fully saturated rings. The van der Waals surface area contributed by atoms with Crippen LogP contribution < -0.4 is 5.32 Å². The van der Waals surface area contributed by atoms with Crippen molar-refractivity contribution < 1.29 is 9.53 Å². The number of hydrogen-bond donors (Lipinski definition) is 1. The number of hydrogen-bond acceptors (Lipinski definition) is 4. The van der Waals surface area contributed by atoms with Gasteiger partial charge >= 0.3 is 0 Å². The van der Waals surface area contributed by atoms with Crippen LogP contribution in [0.15, 0.2) is 41.5 Å². The second-order valence-corrected chi connectivity index (χ2v) is 7.79. The minimum absolute atomic E-state index is 0.151. The molecule has 2 aromatic rings. The average Bonchev–Trinajstić information content (AvgIpc) is 3.33. The molecule has 1 N–H and O–H groups in total. The number of guanidine groups is 1. The maximum Gasteiger partial charge on any atom is 0.251 e. The van der Waals surface area contributed by atoms with E-state index >= 15 is 0 Å². The number of aliphatic imine (C=N–C) groups is 1. The molecule has 1 atom stereocenters. The Bertz CT molecular complexity index is 881. The summed E-state index contributed by atoms with van der Waals surface area (Å²) in [7, 11) is 0. The zero-order valence-electron chi connectivity index (χ0n) is 17.7. The fraction of sp³-hybridized carbons (Fsp3) is 0.522. The molecular formula is C23H31N5O2. The van der Waals surface area contributed by atoms with E-state index in [9.17, 15) is 4.79 Å². The molecule has 2 saturated heterocycles. The van der Waals surface area contributed by atoms with Gasteiger partial charge in [-0.25, -0.2) is 0 Å². The summed E-state index contributed by atoms with van der Waals surface area (Å²) in [6.07, 6.45) is 4.30. The standard InChI is InChI=1S/C23H31N5O2/c1-2-24-23(26-12-10-19-7-3-6-18-8-4-11-25-21(18)19)28-15-13-27(14-16-28)22(29)20-9-5-17-30-20/h3-4,6-8,11,20H,2,5,9-10,12-17H2,1H3,(H,24,26). The number of amides is 1. The van der Waals surface area contributed by atoms with Gasteiger partial charge < -0.3 is 19.9 Å². The van der Waals surface area contributed by atoms with E-state index in [0.29, 0.717) is 13.2 Å². The first-order chi connectivity index (χ1) is 14.8. The van der Waals surface area contributed by atoms with Gasteiger partial charge in [0.25, 0.3) is 5.91 Å². The van der Waals surface area contributed by atoms with Crippen LogP contribution in [0.1, 0.15) is 25.3 Å². The Labute approximate surface area is 178 Å². The predicted molar refractivity (Wildman–Crippen MR) is 119 cm³/mol. The highest BCUT2D eigenvalue weighted by Crippen LogP contribution is 2.17. The number of para-hydroxylation sites is 1. The number of carbonyl (C=O) groups excluding carboxylic acids is 1. The van der Waals surface area contributed by atoms with Crippen molar-refractivity contribution in [1.82, 2.24) is 20.1 Å². The van der Waals surface area contributed by atoms with Gasteiger partial charge in [0.2, 0.25) is 0 Å². The normalized spacial score (nSPS) is 20.0. The molecule has 0 radical (unpaired) electrons. The van der Waals surface area contributed by atoms with E-state index in [1.807, 2.05) is 17.2 Å². The van der Waals surface area contributed by atoms with Crippen LogP contribution in [0, 0.1) is 0 Å². The molecule has 30 heavy (non-hydrogen) atoms. The van der Waals surface area contributed by atoms with Crippen molar-refractivity contribution in [2.24, 2.45) is 4.99 Å². The topological polar surface area (TPSA) is 70.1 Å².